The molecule has 1 saturated heterocycles. The second-order valence-corrected chi connectivity index (χ2v) is 5.96. The Bertz CT molecular complexity index is 902. The number of anilines is 1. The van der Waals surface area contributed by atoms with Crippen LogP contribution in [0.5, 0.6) is 0 Å². The minimum atomic E-state index is -1.70. The quantitative estimate of drug-likeness (QED) is 0.661. The lowest BCUT2D eigenvalue weighted by atomic mass is 10.1. The number of hydrogen-bond acceptors (Lipinski definition) is 6. The molecule has 3 aromatic rings. The average molecular weight is 344 g/mol. The molecule has 130 valence electrons. The van der Waals surface area contributed by atoms with E-state index in [-0.39, 0.29) is 5.82 Å². The second kappa shape index (κ2) is 6.07. The van der Waals surface area contributed by atoms with Gasteiger partial charge >= 0.3 is 0 Å². The maximum absolute atomic E-state index is 14.6. The van der Waals surface area contributed by atoms with Crippen molar-refractivity contribution < 1.29 is 19.3 Å². The standard InChI is InChI=1S/C17H17FN4O3/c18-13-14(24)11(7-23)25-17(13)22-6-10(9-4-2-1-3-5-9)12-15(19)20-8-21-16(12)22/h1-6,8,11,13-14,17,23-24H,7H2,(H2,19,20,21)/t11-,13-,14-,17-/m1/s1. The van der Waals surface area contributed by atoms with Gasteiger partial charge in [-0.3, -0.25) is 0 Å². The molecular weight excluding hydrogens is 327 g/mol. The number of rotatable bonds is 3. The fourth-order valence-electron chi connectivity index (χ4n) is 3.22. The average Bonchev–Trinajstić information content (AvgIpc) is 3.15. The normalized spacial score (nSPS) is 26.4. The summed E-state index contributed by atoms with van der Waals surface area (Å²) in [7, 11) is 0. The molecule has 2 aromatic heterocycles. The lowest BCUT2D eigenvalue weighted by Gasteiger charge is -2.15. The van der Waals surface area contributed by atoms with Gasteiger partial charge < -0.3 is 25.3 Å². The van der Waals surface area contributed by atoms with E-state index < -0.39 is 31.2 Å². The van der Waals surface area contributed by atoms with Crippen molar-refractivity contribution in [3.8, 4) is 11.1 Å². The molecule has 25 heavy (non-hydrogen) atoms. The first-order valence-corrected chi connectivity index (χ1v) is 7.86. The Morgan fingerprint density at radius 2 is 2.00 bits per heavy atom. The minimum Gasteiger partial charge on any atom is -0.394 e. The number of hydrogen-bond donors (Lipinski definition) is 3. The largest absolute Gasteiger partial charge is 0.394 e. The Morgan fingerprint density at radius 1 is 1.24 bits per heavy atom. The fraction of sp³-hybridized carbons (Fsp3) is 0.294. The van der Waals surface area contributed by atoms with Gasteiger partial charge in [-0.2, -0.15) is 0 Å². The molecule has 1 aliphatic heterocycles. The topological polar surface area (TPSA) is 106 Å². The number of nitrogens with two attached hydrogens (primary N) is 1. The van der Waals surface area contributed by atoms with E-state index in [9.17, 15) is 14.6 Å². The van der Waals surface area contributed by atoms with Crippen molar-refractivity contribution in [2.75, 3.05) is 12.3 Å². The van der Waals surface area contributed by atoms with Crippen LogP contribution in [0.3, 0.4) is 0 Å². The number of aliphatic hydroxyl groups is 2. The van der Waals surface area contributed by atoms with Crippen LogP contribution in [0, 0.1) is 0 Å². The van der Waals surface area contributed by atoms with Crippen LogP contribution in [0.1, 0.15) is 6.23 Å². The van der Waals surface area contributed by atoms with E-state index in [1.807, 2.05) is 30.3 Å². The zero-order chi connectivity index (χ0) is 17.6. The number of nitrogens with zero attached hydrogens (tertiary/aromatic N) is 3. The van der Waals surface area contributed by atoms with Crippen LogP contribution in [0.4, 0.5) is 10.2 Å². The number of benzene rings is 1. The molecule has 0 unspecified atom stereocenters. The minimum absolute atomic E-state index is 0.273. The van der Waals surface area contributed by atoms with Crippen molar-refractivity contribution in [3.63, 3.8) is 0 Å². The van der Waals surface area contributed by atoms with E-state index in [2.05, 4.69) is 9.97 Å². The molecular formula is C17H17FN4O3. The van der Waals surface area contributed by atoms with Crippen LogP contribution in [0.25, 0.3) is 22.2 Å². The highest BCUT2D eigenvalue weighted by atomic mass is 19.1. The molecule has 4 atom stereocenters. The smallest absolute Gasteiger partial charge is 0.173 e. The van der Waals surface area contributed by atoms with Crippen LogP contribution < -0.4 is 5.73 Å². The van der Waals surface area contributed by atoms with E-state index in [1.54, 1.807) is 6.20 Å². The third kappa shape index (κ3) is 2.46. The molecule has 7 nitrogen and oxygen atoms in total. The third-order valence-electron chi connectivity index (χ3n) is 4.47. The van der Waals surface area contributed by atoms with Crippen LogP contribution in [0.2, 0.25) is 0 Å². The number of fused-ring (bicyclic) bond motifs is 1. The first-order valence-electron chi connectivity index (χ1n) is 7.86. The van der Waals surface area contributed by atoms with Crippen LogP contribution in [-0.2, 0) is 4.74 Å². The Labute approximate surface area is 142 Å². The highest BCUT2D eigenvalue weighted by Crippen LogP contribution is 2.39. The molecule has 4 rings (SSSR count). The van der Waals surface area contributed by atoms with Gasteiger partial charge in [0.05, 0.1) is 12.0 Å². The van der Waals surface area contributed by atoms with Crippen molar-refractivity contribution in [2.45, 2.75) is 24.6 Å². The third-order valence-corrected chi connectivity index (χ3v) is 4.47. The number of halogens is 1. The second-order valence-electron chi connectivity index (χ2n) is 5.96. The van der Waals surface area contributed by atoms with Gasteiger partial charge in [0.1, 0.15) is 30.0 Å². The van der Waals surface area contributed by atoms with Gasteiger partial charge in [-0.05, 0) is 5.56 Å². The molecule has 1 aromatic carbocycles. The van der Waals surface area contributed by atoms with Gasteiger partial charge in [0.25, 0.3) is 0 Å². The zero-order valence-corrected chi connectivity index (χ0v) is 13.2. The molecule has 0 saturated carbocycles. The Balaban J connectivity index is 1.90. The molecule has 0 radical (unpaired) electrons. The number of alkyl halides is 1. The lowest BCUT2D eigenvalue weighted by molar-refractivity contribution is -0.0457. The SMILES string of the molecule is Nc1ncnc2c1c(-c1ccccc1)cn2[C@@H]1O[C@H](CO)[C@@H](O)[C@H]1F. The number of nitrogen functional groups attached to an aromatic ring is 1. The molecule has 0 spiro atoms. The van der Waals surface area contributed by atoms with E-state index in [1.165, 1.54) is 10.9 Å². The van der Waals surface area contributed by atoms with E-state index >= 15 is 0 Å². The Kier molecular flexibility index (Phi) is 3.87. The van der Waals surface area contributed by atoms with Gasteiger partial charge in [0.15, 0.2) is 12.4 Å². The van der Waals surface area contributed by atoms with E-state index in [0.717, 1.165) is 11.1 Å². The summed E-state index contributed by atoms with van der Waals surface area (Å²) in [6, 6.07) is 9.46. The van der Waals surface area contributed by atoms with Crippen molar-refractivity contribution in [1.29, 1.82) is 0 Å². The van der Waals surface area contributed by atoms with Crippen LogP contribution in [-0.4, -0.2) is 49.7 Å². The Hall–Kier alpha value is -2.55. The first kappa shape index (κ1) is 15.9. The van der Waals surface area contributed by atoms with Crippen LogP contribution >= 0.6 is 0 Å². The van der Waals surface area contributed by atoms with Crippen molar-refractivity contribution in [3.05, 3.63) is 42.9 Å². The number of aromatic nitrogens is 3. The van der Waals surface area contributed by atoms with Gasteiger partial charge in [0.2, 0.25) is 0 Å². The highest BCUT2D eigenvalue weighted by Gasteiger charge is 2.45. The van der Waals surface area contributed by atoms with Crippen molar-refractivity contribution in [2.24, 2.45) is 0 Å². The molecule has 1 aliphatic rings. The van der Waals surface area contributed by atoms with Gasteiger partial charge in [-0.15, -0.1) is 0 Å². The summed E-state index contributed by atoms with van der Waals surface area (Å²) in [6.45, 7) is -0.472. The fourth-order valence-corrected chi connectivity index (χ4v) is 3.22. The number of ether oxygens (including phenoxy) is 1. The van der Waals surface area contributed by atoms with Crippen LogP contribution in [0.15, 0.2) is 42.9 Å². The molecule has 0 aliphatic carbocycles. The maximum atomic E-state index is 14.6. The van der Waals surface area contributed by atoms with E-state index in [0.29, 0.717) is 11.0 Å². The van der Waals surface area contributed by atoms with Crippen molar-refractivity contribution in [1.82, 2.24) is 14.5 Å². The summed E-state index contributed by atoms with van der Waals surface area (Å²) in [5.74, 6) is 0.273. The molecule has 0 amide bonds. The molecule has 3 heterocycles. The molecule has 0 bridgehead atoms. The predicted octanol–water partition coefficient (Wildman–Crippen LogP) is 1.27. The summed E-state index contributed by atoms with van der Waals surface area (Å²) in [5.41, 5.74) is 8.06. The summed E-state index contributed by atoms with van der Waals surface area (Å²) < 4.78 is 21.6. The summed E-state index contributed by atoms with van der Waals surface area (Å²) >= 11 is 0. The maximum Gasteiger partial charge on any atom is 0.173 e. The summed E-state index contributed by atoms with van der Waals surface area (Å²) in [5, 5.41) is 19.8. The predicted molar refractivity (Wildman–Crippen MR) is 89.3 cm³/mol. The van der Waals surface area contributed by atoms with Gasteiger partial charge in [0, 0.05) is 11.8 Å². The Morgan fingerprint density at radius 3 is 2.68 bits per heavy atom. The monoisotopic (exact) mass is 344 g/mol. The zero-order valence-electron chi connectivity index (χ0n) is 13.2. The first-order chi connectivity index (χ1) is 12.1. The van der Waals surface area contributed by atoms with Gasteiger partial charge in [-0.1, -0.05) is 30.3 Å². The molecule has 4 N–H and O–H groups in total. The molecule has 1 fully saturated rings. The summed E-state index contributed by atoms with van der Waals surface area (Å²) in [6.07, 6.45) is -2.22. The van der Waals surface area contributed by atoms with Gasteiger partial charge in [-0.25, -0.2) is 14.4 Å². The van der Waals surface area contributed by atoms with Crippen molar-refractivity contribution >= 4 is 16.9 Å². The lowest BCUT2D eigenvalue weighted by Crippen LogP contribution is -2.30. The summed E-state index contributed by atoms with van der Waals surface area (Å²) in [4.78, 5) is 8.25. The highest BCUT2D eigenvalue weighted by molar-refractivity contribution is 6.00. The molecule has 8 heteroatoms. The number of aliphatic hydroxyl groups excluding tert-OH is 2. The van der Waals surface area contributed by atoms with E-state index in [4.69, 9.17) is 10.5 Å².